The molecule has 4 nitrogen and oxygen atoms in total. The second-order valence-electron chi connectivity index (χ2n) is 4.20. The van der Waals surface area contributed by atoms with Gasteiger partial charge in [0.05, 0.1) is 10.7 Å². The van der Waals surface area contributed by atoms with Crippen molar-refractivity contribution >= 4 is 28.9 Å². The Labute approximate surface area is 106 Å². The van der Waals surface area contributed by atoms with Crippen LogP contribution in [0.15, 0.2) is 18.2 Å². The van der Waals surface area contributed by atoms with E-state index in [-0.39, 0.29) is 5.91 Å². The molecule has 1 aliphatic rings. The zero-order valence-corrected chi connectivity index (χ0v) is 10.6. The Hall–Kier alpha value is -1.42. The molecule has 0 saturated carbocycles. The lowest BCUT2D eigenvalue weighted by atomic mass is 10.2. The molecule has 1 aromatic rings. The number of hydrogen-bond donors (Lipinski definition) is 1. The lowest BCUT2D eigenvalue weighted by Gasteiger charge is -2.35. The maximum Gasteiger partial charge on any atom is 0.219 e. The summed E-state index contributed by atoms with van der Waals surface area (Å²) in [5.74, 6) is 0.139. The lowest BCUT2D eigenvalue weighted by molar-refractivity contribution is -0.129. The van der Waals surface area contributed by atoms with Crippen LogP contribution in [0.2, 0.25) is 5.02 Å². The number of carbonyl (C=O) groups excluding carboxylic acids is 1. The summed E-state index contributed by atoms with van der Waals surface area (Å²) in [5, 5.41) is 0.580. The Morgan fingerprint density at radius 2 is 1.94 bits per heavy atom. The molecule has 0 unspecified atom stereocenters. The van der Waals surface area contributed by atoms with Gasteiger partial charge in [0.25, 0.3) is 0 Å². The van der Waals surface area contributed by atoms with Gasteiger partial charge in [0.2, 0.25) is 5.91 Å². The van der Waals surface area contributed by atoms with Crippen molar-refractivity contribution in [3.05, 3.63) is 23.2 Å². The Morgan fingerprint density at radius 1 is 1.29 bits per heavy atom. The van der Waals surface area contributed by atoms with Crippen LogP contribution in [-0.2, 0) is 4.79 Å². The van der Waals surface area contributed by atoms with E-state index in [0.29, 0.717) is 10.7 Å². The van der Waals surface area contributed by atoms with Crippen LogP contribution < -0.4 is 10.6 Å². The van der Waals surface area contributed by atoms with E-state index in [1.165, 1.54) is 0 Å². The Morgan fingerprint density at radius 3 is 2.47 bits per heavy atom. The minimum Gasteiger partial charge on any atom is -0.398 e. The van der Waals surface area contributed by atoms with E-state index in [2.05, 4.69) is 4.90 Å². The van der Waals surface area contributed by atoms with Gasteiger partial charge >= 0.3 is 0 Å². The largest absolute Gasteiger partial charge is 0.398 e. The van der Waals surface area contributed by atoms with Gasteiger partial charge in [-0.05, 0) is 18.2 Å². The number of hydrogen-bond acceptors (Lipinski definition) is 3. The van der Waals surface area contributed by atoms with Crippen LogP contribution in [-0.4, -0.2) is 37.0 Å². The first kappa shape index (κ1) is 12.0. The van der Waals surface area contributed by atoms with Crippen LogP contribution in [0.4, 0.5) is 11.4 Å². The van der Waals surface area contributed by atoms with Gasteiger partial charge < -0.3 is 15.5 Å². The Kier molecular flexibility index (Phi) is 3.43. The number of nitrogens with two attached hydrogens (primary N) is 1. The van der Waals surface area contributed by atoms with Crippen molar-refractivity contribution in [1.82, 2.24) is 4.90 Å². The van der Waals surface area contributed by atoms with Crippen molar-refractivity contribution < 1.29 is 4.79 Å². The highest BCUT2D eigenvalue weighted by molar-refractivity contribution is 6.33. The topological polar surface area (TPSA) is 49.6 Å². The van der Waals surface area contributed by atoms with Gasteiger partial charge in [-0.1, -0.05) is 11.6 Å². The first-order valence-corrected chi connectivity index (χ1v) is 6.01. The average Bonchev–Trinajstić information content (AvgIpc) is 2.33. The van der Waals surface area contributed by atoms with Gasteiger partial charge in [0.1, 0.15) is 0 Å². The molecule has 1 aliphatic heterocycles. The second-order valence-corrected chi connectivity index (χ2v) is 4.61. The first-order chi connectivity index (χ1) is 8.08. The minimum atomic E-state index is 0.139. The highest BCUT2D eigenvalue weighted by Crippen LogP contribution is 2.25. The molecule has 0 aromatic heterocycles. The molecule has 1 saturated heterocycles. The summed E-state index contributed by atoms with van der Waals surface area (Å²) in [4.78, 5) is 15.3. The predicted octanol–water partition coefficient (Wildman–Crippen LogP) is 1.59. The Balaban J connectivity index is 2.05. The fourth-order valence-electron chi connectivity index (χ4n) is 1.99. The molecule has 2 rings (SSSR count). The smallest absolute Gasteiger partial charge is 0.219 e. The van der Waals surface area contributed by atoms with Gasteiger partial charge in [0, 0.05) is 38.8 Å². The number of amides is 1. The summed E-state index contributed by atoms with van der Waals surface area (Å²) >= 11 is 6.00. The van der Waals surface area contributed by atoms with Crippen LogP contribution >= 0.6 is 11.6 Å². The molecule has 1 fully saturated rings. The maximum absolute atomic E-state index is 11.2. The molecule has 1 heterocycles. The molecule has 0 radical (unpaired) electrons. The molecule has 0 aliphatic carbocycles. The zero-order chi connectivity index (χ0) is 12.4. The first-order valence-electron chi connectivity index (χ1n) is 5.63. The van der Waals surface area contributed by atoms with Gasteiger partial charge in [-0.15, -0.1) is 0 Å². The molecule has 0 bridgehead atoms. The van der Waals surface area contributed by atoms with E-state index >= 15 is 0 Å². The molecule has 1 aromatic carbocycles. The monoisotopic (exact) mass is 253 g/mol. The van der Waals surface area contributed by atoms with E-state index in [4.69, 9.17) is 17.3 Å². The quantitative estimate of drug-likeness (QED) is 0.774. The van der Waals surface area contributed by atoms with Crippen molar-refractivity contribution in [2.75, 3.05) is 36.8 Å². The molecule has 17 heavy (non-hydrogen) atoms. The normalized spacial score (nSPS) is 16.1. The van der Waals surface area contributed by atoms with Crippen molar-refractivity contribution in [2.24, 2.45) is 0 Å². The van der Waals surface area contributed by atoms with Gasteiger partial charge in [-0.25, -0.2) is 0 Å². The molecule has 1 amide bonds. The number of halogens is 1. The predicted molar refractivity (Wildman–Crippen MR) is 70.3 cm³/mol. The van der Waals surface area contributed by atoms with Gasteiger partial charge in [-0.3, -0.25) is 4.79 Å². The van der Waals surface area contributed by atoms with E-state index in [0.717, 1.165) is 31.9 Å². The van der Waals surface area contributed by atoms with Crippen LogP contribution in [0, 0.1) is 0 Å². The Bertz CT molecular complexity index is 428. The van der Waals surface area contributed by atoms with Crippen molar-refractivity contribution in [1.29, 1.82) is 0 Å². The van der Waals surface area contributed by atoms with Crippen LogP contribution in [0.3, 0.4) is 0 Å². The molecule has 0 spiro atoms. The number of carbonyl (C=O) groups is 1. The van der Waals surface area contributed by atoms with E-state index in [9.17, 15) is 4.79 Å². The summed E-state index contributed by atoms with van der Waals surface area (Å²) in [6, 6.07) is 5.65. The third-order valence-corrected chi connectivity index (χ3v) is 3.40. The number of nitrogens with zero attached hydrogens (tertiary/aromatic N) is 2. The molecule has 5 heteroatoms. The number of nitrogen functional groups attached to an aromatic ring is 1. The van der Waals surface area contributed by atoms with Crippen LogP contribution in [0.5, 0.6) is 0 Å². The van der Waals surface area contributed by atoms with Gasteiger partial charge in [-0.2, -0.15) is 0 Å². The van der Waals surface area contributed by atoms with Crippen LogP contribution in [0.25, 0.3) is 0 Å². The summed E-state index contributed by atoms with van der Waals surface area (Å²) in [7, 11) is 0. The zero-order valence-electron chi connectivity index (χ0n) is 9.82. The summed E-state index contributed by atoms with van der Waals surface area (Å²) in [6.45, 7) is 4.80. The van der Waals surface area contributed by atoms with Crippen LogP contribution in [0.1, 0.15) is 6.92 Å². The molecular formula is C12H16ClN3O. The fraction of sp³-hybridized carbons (Fsp3) is 0.417. The van der Waals surface area contributed by atoms with E-state index in [1.54, 1.807) is 6.92 Å². The number of anilines is 2. The highest BCUT2D eigenvalue weighted by Gasteiger charge is 2.18. The molecule has 2 N–H and O–H groups in total. The molecule has 0 atom stereocenters. The number of benzene rings is 1. The summed E-state index contributed by atoms with van der Waals surface area (Å²) in [6.07, 6.45) is 0. The van der Waals surface area contributed by atoms with Gasteiger partial charge in [0.15, 0.2) is 0 Å². The third kappa shape index (κ3) is 2.64. The van der Waals surface area contributed by atoms with E-state index in [1.807, 2.05) is 23.1 Å². The summed E-state index contributed by atoms with van der Waals surface area (Å²) < 4.78 is 0. The third-order valence-electron chi connectivity index (χ3n) is 3.07. The maximum atomic E-state index is 11.2. The van der Waals surface area contributed by atoms with Crippen molar-refractivity contribution in [2.45, 2.75) is 6.92 Å². The second kappa shape index (κ2) is 4.84. The average molecular weight is 254 g/mol. The number of piperazine rings is 1. The number of rotatable bonds is 1. The highest BCUT2D eigenvalue weighted by atomic mass is 35.5. The minimum absolute atomic E-state index is 0.139. The standard InChI is InChI=1S/C12H16ClN3O/c1-9(17)15-4-6-16(7-5-15)10-2-3-12(14)11(13)8-10/h2-3,8H,4-7,14H2,1H3. The lowest BCUT2D eigenvalue weighted by Crippen LogP contribution is -2.48. The fourth-order valence-corrected chi connectivity index (χ4v) is 2.17. The molecular weight excluding hydrogens is 238 g/mol. The van der Waals surface area contributed by atoms with Crippen molar-refractivity contribution in [3.63, 3.8) is 0 Å². The molecule has 92 valence electrons. The van der Waals surface area contributed by atoms with E-state index < -0.39 is 0 Å². The SMILES string of the molecule is CC(=O)N1CCN(c2ccc(N)c(Cl)c2)CC1. The summed E-state index contributed by atoms with van der Waals surface area (Å²) in [5.41, 5.74) is 7.33. The van der Waals surface area contributed by atoms with Crippen molar-refractivity contribution in [3.8, 4) is 0 Å².